The summed E-state index contributed by atoms with van der Waals surface area (Å²) in [6.07, 6.45) is 5.03. The van der Waals surface area contributed by atoms with Gasteiger partial charge >= 0.3 is 0 Å². The summed E-state index contributed by atoms with van der Waals surface area (Å²) in [5.74, 6) is 1.07. The summed E-state index contributed by atoms with van der Waals surface area (Å²) in [5, 5.41) is 3.73. The summed E-state index contributed by atoms with van der Waals surface area (Å²) in [5.41, 5.74) is 5.03. The number of carbonyl (C=O) groups excluding carboxylic acids is 1. The van der Waals surface area contributed by atoms with Gasteiger partial charge in [0.1, 0.15) is 6.61 Å². The first-order valence-electron chi connectivity index (χ1n) is 10.7. The quantitative estimate of drug-likeness (QED) is 0.369. The number of para-hydroxylation sites is 1. The number of rotatable bonds is 9. The van der Waals surface area contributed by atoms with Crippen LogP contribution in [0.15, 0.2) is 66.7 Å². The van der Waals surface area contributed by atoms with E-state index in [4.69, 9.17) is 21.1 Å². The molecule has 0 unspecified atom stereocenters. The lowest BCUT2D eigenvalue weighted by Gasteiger charge is -2.13. The van der Waals surface area contributed by atoms with E-state index in [1.165, 1.54) is 6.08 Å². The molecule has 166 valence electrons. The van der Waals surface area contributed by atoms with Crippen molar-refractivity contribution < 1.29 is 14.3 Å². The average molecular weight is 450 g/mol. The highest BCUT2D eigenvalue weighted by molar-refractivity contribution is 6.30. The highest BCUT2D eigenvalue weighted by atomic mass is 35.5. The number of aryl methyl sites for hydroxylation is 2. The van der Waals surface area contributed by atoms with Crippen molar-refractivity contribution in [2.75, 3.05) is 12.4 Å². The van der Waals surface area contributed by atoms with Crippen molar-refractivity contribution in [1.29, 1.82) is 0 Å². The number of halogens is 1. The minimum absolute atomic E-state index is 0.164. The van der Waals surface area contributed by atoms with Gasteiger partial charge in [-0.1, -0.05) is 61.8 Å². The number of hydrogen-bond donors (Lipinski definition) is 1. The van der Waals surface area contributed by atoms with Gasteiger partial charge in [-0.2, -0.15) is 0 Å². The molecule has 1 N–H and O–H groups in total. The fraction of sp³-hybridized carbons (Fsp3) is 0.222. The molecule has 3 aromatic carbocycles. The highest BCUT2D eigenvalue weighted by Gasteiger charge is 2.09. The Hall–Kier alpha value is -3.24. The molecule has 0 fully saturated rings. The zero-order valence-corrected chi connectivity index (χ0v) is 19.4. The second-order valence-electron chi connectivity index (χ2n) is 7.31. The van der Waals surface area contributed by atoms with E-state index in [2.05, 4.69) is 19.2 Å². The van der Waals surface area contributed by atoms with Crippen molar-refractivity contribution in [2.24, 2.45) is 0 Å². The van der Waals surface area contributed by atoms with E-state index in [9.17, 15) is 4.79 Å². The maximum atomic E-state index is 12.6. The number of anilines is 1. The van der Waals surface area contributed by atoms with Gasteiger partial charge < -0.3 is 14.8 Å². The standard InChI is InChI=1S/C27H28ClNO3/c1-4-21-7-6-8-22(5-2)27(21)29-26(30)16-12-19-11-15-24(25(17-19)31-3)32-18-20-9-13-23(28)14-10-20/h6-17H,4-5,18H2,1-3H3,(H,29,30). The van der Waals surface area contributed by atoms with Gasteiger partial charge in [0, 0.05) is 16.8 Å². The minimum Gasteiger partial charge on any atom is -0.493 e. The van der Waals surface area contributed by atoms with Gasteiger partial charge in [0.15, 0.2) is 11.5 Å². The van der Waals surface area contributed by atoms with Crippen molar-refractivity contribution >= 4 is 29.3 Å². The molecule has 1 amide bonds. The summed E-state index contributed by atoms with van der Waals surface area (Å²) >= 11 is 5.93. The summed E-state index contributed by atoms with van der Waals surface area (Å²) in [6.45, 7) is 4.58. The van der Waals surface area contributed by atoms with Gasteiger partial charge in [-0.25, -0.2) is 0 Å². The molecule has 0 heterocycles. The van der Waals surface area contributed by atoms with E-state index in [0.717, 1.165) is 40.8 Å². The van der Waals surface area contributed by atoms with E-state index in [0.29, 0.717) is 23.1 Å². The van der Waals surface area contributed by atoms with Gasteiger partial charge in [0.25, 0.3) is 0 Å². The third kappa shape index (κ3) is 6.14. The third-order valence-corrected chi connectivity index (χ3v) is 5.42. The van der Waals surface area contributed by atoms with Gasteiger partial charge in [0.2, 0.25) is 5.91 Å². The number of benzene rings is 3. The monoisotopic (exact) mass is 449 g/mol. The maximum absolute atomic E-state index is 12.6. The Bertz CT molecular complexity index is 1070. The predicted octanol–water partition coefficient (Wildman–Crippen LogP) is 6.70. The van der Waals surface area contributed by atoms with Crippen LogP contribution in [-0.2, 0) is 24.2 Å². The fourth-order valence-electron chi connectivity index (χ4n) is 3.39. The van der Waals surface area contributed by atoms with Crippen LogP contribution in [0.4, 0.5) is 5.69 Å². The smallest absolute Gasteiger partial charge is 0.248 e. The zero-order chi connectivity index (χ0) is 22.9. The molecular weight excluding hydrogens is 422 g/mol. The summed E-state index contributed by atoms with van der Waals surface area (Å²) in [4.78, 5) is 12.6. The predicted molar refractivity (Wildman–Crippen MR) is 132 cm³/mol. The zero-order valence-electron chi connectivity index (χ0n) is 18.7. The average Bonchev–Trinajstić information content (AvgIpc) is 2.82. The first kappa shape index (κ1) is 23.4. The number of methoxy groups -OCH3 is 1. The lowest BCUT2D eigenvalue weighted by molar-refractivity contribution is -0.111. The Morgan fingerprint density at radius 2 is 1.66 bits per heavy atom. The van der Waals surface area contributed by atoms with Crippen molar-refractivity contribution in [3.05, 3.63) is 94.0 Å². The van der Waals surface area contributed by atoms with Gasteiger partial charge in [-0.05, 0) is 65.4 Å². The molecule has 4 nitrogen and oxygen atoms in total. The van der Waals surface area contributed by atoms with Gasteiger partial charge in [-0.15, -0.1) is 0 Å². The van der Waals surface area contributed by atoms with Crippen LogP contribution >= 0.6 is 11.6 Å². The molecule has 0 aliphatic rings. The van der Waals surface area contributed by atoms with Crippen molar-refractivity contribution in [2.45, 2.75) is 33.3 Å². The molecule has 5 heteroatoms. The Morgan fingerprint density at radius 3 is 2.28 bits per heavy atom. The lowest BCUT2D eigenvalue weighted by Crippen LogP contribution is -2.11. The third-order valence-electron chi connectivity index (χ3n) is 5.17. The van der Waals surface area contributed by atoms with Crippen LogP contribution in [0.3, 0.4) is 0 Å². The normalized spacial score (nSPS) is 10.9. The van der Waals surface area contributed by atoms with Crippen LogP contribution in [0.2, 0.25) is 5.02 Å². The van der Waals surface area contributed by atoms with Crippen LogP contribution in [0.25, 0.3) is 6.08 Å². The Morgan fingerprint density at radius 1 is 0.969 bits per heavy atom. The van der Waals surface area contributed by atoms with Crippen LogP contribution in [0, 0.1) is 0 Å². The lowest BCUT2D eigenvalue weighted by atomic mass is 10.0. The molecule has 0 radical (unpaired) electrons. The van der Waals surface area contributed by atoms with Gasteiger partial charge in [-0.3, -0.25) is 4.79 Å². The Labute approximate surface area is 194 Å². The largest absolute Gasteiger partial charge is 0.493 e. The van der Waals surface area contributed by atoms with Crippen molar-refractivity contribution in [3.63, 3.8) is 0 Å². The number of amides is 1. The van der Waals surface area contributed by atoms with Crippen LogP contribution < -0.4 is 14.8 Å². The van der Waals surface area contributed by atoms with Crippen molar-refractivity contribution in [1.82, 2.24) is 0 Å². The Kier molecular flexibility index (Phi) is 8.34. The molecular formula is C27H28ClNO3. The van der Waals surface area contributed by atoms with E-state index < -0.39 is 0 Å². The molecule has 0 bridgehead atoms. The summed E-state index contributed by atoms with van der Waals surface area (Å²) in [7, 11) is 1.60. The molecule has 0 atom stereocenters. The van der Waals surface area contributed by atoms with E-state index in [1.54, 1.807) is 13.2 Å². The SMILES string of the molecule is CCc1cccc(CC)c1NC(=O)C=Cc1ccc(OCc2ccc(Cl)cc2)c(OC)c1. The number of nitrogens with one attached hydrogen (secondary N) is 1. The highest BCUT2D eigenvalue weighted by Crippen LogP contribution is 2.29. The van der Waals surface area contributed by atoms with Crippen molar-refractivity contribution in [3.8, 4) is 11.5 Å². The molecule has 3 aromatic rings. The van der Waals surface area contributed by atoms with E-state index >= 15 is 0 Å². The first-order chi connectivity index (χ1) is 15.5. The molecule has 0 aliphatic carbocycles. The fourth-order valence-corrected chi connectivity index (χ4v) is 3.51. The van der Waals surface area contributed by atoms with Gasteiger partial charge in [0.05, 0.1) is 7.11 Å². The Balaban J connectivity index is 1.68. The molecule has 0 spiro atoms. The topological polar surface area (TPSA) is 47.6 Å². The molecule has 3 rings (SSSR count). The molecule has 0 aliphatic heterocycles. The van der Waals surface area contributed by atoms with Crippen LogP contribution in [0.1, 0.15) is 36.1 Å². The van der Waals surface area contributed by atoms with Crippen LogP contribution in [-0.4, -0.2) is 13.0 Å². The maximum Gasteiger partial charge on any atom is 0.248 e. The summed E-state index contributed by atoms with van der Waals surface area (Å²) in [6, 6.07) is 19.2. The number of hydrogen-bond acceptors (Lipinski definition) is 3. The molecule has 0 saturated carbocycles. The number of ether oxygens (including phenoxy) is 2. The number of carbonyl (C=O) groups is 1. The summed E-state index contributed by atoms with van der Waals surface area (Å²) < 4.78 is 11.4. The molecule has 0 aromatic heterocycles. The molecule has 32 heavy (non-hydrogen) atoms. The van der Waals surface area contributed by atoms with E-state index in [-0.39, 0.29) is 5.91 Å². The second-order valence-corrected chi connectivity index (χ2v) is 7.74. The minimum atomic E-state index is -0.164. The second kappa shape index (κ2) is 11.4. The van der Waals surface area contributed by atoms with E-state index in [1.807, 2.05) is 60.7 Å². The molecule has 0 saturated heterocycles. The first-order valence-corrected chi connectivity index (χ1v) is 11.1. The van der Waals surface area contributed by atoms with Crippen LogP contribution in [0.5, 0.6) is 11.5 Å².